The van der Waals surface area contributed by atoms with E-state index >= 15 is 0 Å². The number of methoxy groups -OCH3 is 2. The first-order valence-corrected chi connectivity index (χ1v) is 8.37. The number of amides is 1. The third kappa shape index (κ3) is 3.79. The molecule has 0 spiro atoms. The van der Waals surface area contributed by atoms with Crippen molar-refractivity contribution < 1.29 is 14.3 Å². The second-order valence-electron chi connectivity index (χ2n) is 5.71. The molecule has 0 N–H and O–H groups in total. The summed E-state index contributed by atoms with van der Waals surface area (Å²) in [7, 11) is 3.14. The number of pyridine rings is 1. The van der Waals surface area contributed by atoms with Crippen molar-refractivity contribution in [3.63, 3.8) is 0 Å². The molecule has 1 saturated heterocycles. The van der Waals surface area contributed by atoms with Gasteiger partial charge in [-0.25, -0.2) is 0 Å². The molecule has 7 heteroatoms. The van der Waals surface area contributed by atoms with Gasteiger partial charge >= 0.3 is 0 Å². The number of aromatic nitrogens is 1. The first kappa shape index (κ1) is 17.4. The van der Waals surface area contributed by atoms with Gasteiger partial charge < -0.3 is 19.3 Å². The van der Waals surface area contributed by atoms with Crippen LogP contribution in [0, 0.1) is 0 Å². The van der Waals surface area contributed by atoms with Crippen LogP contribution in [0.15, 0.2) is 36.7 Å². The molecule has 1 fully saturated rings. The largest absolute Gasteiger partial charge is 0.497 e. The van der Waals surface area contributed by atoms with E-state index in [1.54, 1.807) is 44.8 Å². The molecule has 6 nitrogen and oxygen atoms in total. The van der Waals surface area contributed by atoms with Crippen LogP contribution < -0.4 is 14.4 Å². The maximum atomic E-state index is 12.8. The van der Waals surface area contributed by atoms with Gasteiger partial charge in [-0.1, -0.05) is 11.6 Å². The number of ether oxygens (including phenoxy) is 2. The molecular weight excluding hydrogens is 342 g/mol. The van der Waals surface area contributed by atoms with Crippen LogP contribution in [0.3, 0.4) is 0 Å². The number of carbonyl (C=O) groups is 1. The number of piperazine rings is 1. The van der Waals surface area contributed by atoms with Crippen LogP contribution in [0.4, 0.5) is 5.69 Å². The second-order valence-corrected chi connectivity index (χ2v) is 6.11. The molecule has 0 unspecified atom stereocenters. The maximum Gasteiger partial charge on any atom is 0.254 e. The molecule has 2 heterocycles. The van der Waals surface area contributed by atoms with E-state index in [0.29, 0.717) is 35.2 Å². The summed E-state index contributed by atoms with van der Waals surface area (Å²) in [4.78, 5) is 20.8. The van der Waals surface area contributed by atoms with E-state index in [-0.39, 0.29) is 5.91 Å². The molecule has 25 heavy (non-hydrogen) atoms. The van der Waals surface area contributed by atoms with Crippen molar-refractivity contribution in [1.29, 1.82) is 0 Å². The molecule has 0 bridgehead atoms. The smallest absolute Gasteiger partial charge is 0.254 e. The van der Waals surface area contributed by atoms with Crippen molar-refractivity contribution in [2.45, 2.75) is 0 Å². The van der Waals surface area contributed by atoms with E-state index in [1.807, 2.05) is 11.0 Å². The van der Waals surface area contributed by atoms with E-state index in [2.05, 4.69) is 9.88 Å². The first-order chi connectivity index (χ1) is 12.1. The fraction of sp³-hybridized carbons (Fsp3) is 0.333. The fourth-order valence-corrected chi connectivity index (χ4v) is 3.13. The quantitative estimate of drug-likeness (QED) is 0.838. The average molecular weight is 362 g/mol. The van der Waals surface area contributed by atoms with Crippen molar-refractivity contribution in [3.8, 4) is 11.5 Å². The summed E-state index contributed by atoms with van der Waals surface area (Å²) in [6.07, 6.45) is 3.36. The Morgan fingerprint density at radius 3 is 2.28 bits per heavy atom. The van der Waals surface area contributed by atoms with Gasteiger partial charge in [0, 0.05) is 50.2 Å². The summed E-state index contributed by atoms with van der Waals surface area (Å²) in [5, 5.41) is 0.625. The molecule has 3 rings (SSSR count). The van der Waals surface area contributed by atoms with E-state index in [9.17, 15) is 4.79 Å². The minimum absolute atomic E-state index is 0.0299. The normalized spacial score (nSPS) is 14.4. The van der Waals surface area contributed by atoms with Crippen molar-refractivity contribution in [2.75, 3.05) is 45.3 Å². The Labute approximate surface area is 151 Å². The highest BCUT2D eigenvalue weighted by Crippen LogP contribution is 2.27. The summed E-state index contributed by atoms with van der Waals surface area (Å²) in [5.74, 6) is 1.17. The molecule has 1 amide bonds. The Morgan fingerprint density at radius 1 is 1.08 bits per heavy atom. The highest BCUT2D eigenvalue weighted by molar-refractivity contribution is 6.33. The fourth-order valence-electron chi connectivity index (χ4n) is 2.89. The summed E-state index contributed by atoms with van der Waals surface area (Å²) in [6.45, 7) is 2.68. The molecule has 0 radical (unpaired) electrons. The first-order valence-electron chi connectivity index (χ1n) is 7.99. The zero-order valence-electron chi connectivity index (χ0n) is 14.2. The van der Waals surface area contributed by atoms with Gasteiger partial charge in [-0.05, 0) is 18.2 Å². The molecular formula is C18H20ClN3O3. The SMILES string of the molecule is COc1cc(OC)cc(C(=O)N2CCN(c3ccncc3Cl)CC2)c1. The maximum absolute atomic E-state index is 12.8. The molecule has 0 atom stereocenters. The number of carbonyl (C=O) groups excluding carboxylic acids is 1. The number of halogens is 1. The Bertz CT molecular complexity index is 739. The Morgan fingerprint density at radius 2 is 1.72 bits per heavy atom. The lowest BCUT2D eigenvalue weighted by atomic mass is 10.1. The molecule has 132 valence electrons. The Hall–Kier alpha value is -2.47. The van der Waals surface area contributed by atoms with Crippen LogP contribution >= 0.6 is 11.6 Å². The molecule has 1 aromatic heterocycles. The Balaban J connectivity index is 1.71. The van der Waals surface area contributed by atoms with E-state index < -0.39 is 0 Å². The molecule has 0 saturated carbocycles. The van der Waals surface area contributed by atoms with Gasteiger partial charge in [-0.3, -0.25) is 9.78 Å². The van der Waals surface area contributed by atoms with Gasteiger partial charge in [0.2, 0.25) is 0 Å². The summed E-state index contributed by atoms with van der Waals surface area (Å²) >= 11 is 6.21. The van der Waals surface area contributed by atoms with Gasteiger partial charge in [-0.15, -0.1) is 0 Å². The van der Waals surface area contributed by atoms with Gasteiger partial charge in [-0.2, -0.15) is 0 Å². The highest BCUT2D eigenvalue weighted by Gasteiger charge is 2.24. The van der Waals surface area contributed by atoms with Crippen molar-refractivity contribution in [1.82, 2.24) is 9.88 Å². The third-order valence-electron chi connectivity index (χ3n) is 4.26. The lowest BCUT2D eigenvalue weighted by Crippen LogP contribution is -2.48. The van der Waals surface area contributed by atoms with Crippen LogP contribution in [0.25, 0.3) is 0 Å². The van der Waals surface area contributed by atoms with Crippen molar-refractivity contribution in [2.24, 2.45) is 0 Å². The predicted octanol–water partition coefficient (Wildman–Crippen LogP) is 2.71. The summed E-state index contributed by atoms with van der Waals surface area (Å²) in [6, 6.07) is 7.11. The summed E-state index contributed by atoms with van der Waals surface area (Å²) < 4.78 is 10.5. The lowest BCUT2D eigenvalue weighted by Gasteiger charge is -2.36. The van der Waals surface area contributed by atoms with Crippen LogP contribution in [0.1, 0.15) is 10.4 Å². The standard InChI is InChI=1S/C18H20ClN3O3/c1-24-14-9-13(10-15(11-14)25-2)18(23)22-7-5-21(6-8-22)17-3-4-20-12-16(17)19/h3-4,9-12H,5-8H2,1-2H3. The average Bonchev–Trinajstić information content (AvgIpc) is 2.67. The molecule has 2 aromatic rings. The third-order valence-corrected chi connectivity index (χ3v) is 4.55. The van der Waals surface area contributed by atoms with Crippen molar-refractivity contribution in [3.05, 3.63) is 47.2 Å². The minimum atomic E-state index is -0.0299. The summed E-state index contributed by atoms with van der Waals surface area (Å²) in [5.41, 5.74) is 1.51. The molecule has 1 aliphatic rings. The number of hydrogen-bond donors (Lipinski definition) is 0. The molecule has 0 aliphatic carbocycles. The second kappa shape index (κ2) is 7.61. The highest BCUT2D eigenvalue weighted by atomic mass is 35.5. The Kier molecular flexibility index (Phi) is 5.28. The number of anilines is 1. The number of benzene rings is 1. The van der Waals surface area contributed by atoms with Gasteiger partial charge in [0.05, 0.1) is 24.9 Å². The van der Waals surface area contributed by atoms with E-state index in [1.165, 1.54) is 0 Å². The van der Waals surface area contributed by atoms with Gasteiger partial charge in [0.1, 0.15) is 11.5 Å². The minimum Gasteiger partial charge on any atom is -0.497 e. The zero-order chi connectivity index (χ0) is 17.8. The zero-order valence-corrected chi connectivity index (χ0v) is 15.0. The topological polar surface area (TPSA) is 54.9 Å². The van der Waals surface area contributed by atoms with Crippen LogP contribution in [0.2, 0.25) is 5.02 Å². The monoisotopic (exact) mass is 361 g/mol. The van der Waals surface area contributed by atoms with Crippen LogP contribution in [-0.2, 0) is 0 Å². The number of hydrogen-bond acceptors (Lipinski definition) is 5. The molecule has 1 aliphatic heterocycles. The van der Waals surface area contributed by atoms with E-state index in [4.69, 9.17) is 21.1 Å². The predicted molar refractivity (Wildman–Crippen MR) is 96.9 cm³/mol. The van der Waals surface area contributed by atoms with Crippen LogP contribution in [-0.4, -0.2) is 56.2 Å². The lowest BCUT2D eigenvalue weighted by molar-refractivity contribution is 0.0746. The van der Waals surface area contributed by atoms with Crippen LogP contribution in [0.5, 0.6) is 11.5 Å². The molecule has 1 aromatic carbocycles. The van der Waals surface area contributed by atoms with Gasteiger partial charge in [0.25, 0.3) is 5.91 Å². The number of rotatable bonds is 4. The number of nitrogens with zero attached hydrogens (tertiary/aromatic N) is 3. The van der Waals surface area contributed by atoms with E-state index in [0.717, 1.165) is 18.8 Å². The van der Waals surface area contributed by atoms with Crippen molar-refractivity contribution >= 4 is 23.2 Å². The van der Waals surface area contributed by atoms with Gasteiger partial charge in [0.15, 0.2) is 0 Å².